The molecule has 0 aliphatic heterocycles. The van der Waals surface area contributed by atoms with Crippen LogP contribution in [-0.2, 0) is 6.18 Å². The third-order valence-corrected chi connectivity index (χ3v) is 3.46. The number of benzene rings is 1. The Bertz CT molecular complexity index is 862. The maximum Gasteiger partial charge on any atom is 0.417 e. The molecule has 0 atom stereocenters. The fourth-order valence-corrected chi connectivity index (χ4v) is 2.36. The van der Waals surface area contributed by atoms with Crippen molar-refractivity contribution >= 4 is 23.2 Å². The Labute approximate surface area is 138 Å². The van der Waals surface area contributed by atoms with E-state index in [0.29, 0.717) is 16.3 Å². The lowest BCUT2D eigenvalue weighted by atomic mass is 10.1. The Hall–Kier alpha value is -2.05. The number of aromatic nitrogens is 2. The molecule has 3 rings (SSSR count). The Morgan fingerprint density at radius 3 is 2.48 bits per heavy atom. The molecule has 0 unspecified atom stereocenters. The summed E-state index contributed by atoms with van der Waals surface area (Å²) in [5.74, 6) is 0.0991. The van der Waals surface area contributed by atoms with Crippen molar-refractivity contribution in [2.24, 2.45) is 0 Å². The molecule has 0 amide bonds. The van der Waals surface area contributed by atoms with E-state index in [2.05, 4.69) is 9.97 Å². The molecule has 0 aliphatic rings. The molecule has 0 aliphatic carbocycles. The molecule has 0 saturated heterocycles. The summed E-state index contributed by atoms with van der Waals surface area (Å²) >= 11 is 11.4. The molecule has 0 radical (unpaired) electrons. The largest absolute Gasteiger partial charge is 0.436 e. The Morgan fingerprint density at radius 2 is 1.78 bits per heavy atom. The molecule has 3 nitrogen and oxygen atoms in total. The predicted octanol–water partition coefficient (Wildman–Crippen LogP) is 5.73. The highest BCUT2D eigenvalue weighted by atomic mass is 35.5. The van der Waals surface area contributed by atoms with Crippen molar-refractivity contribution in [3.05, 3.63) is 58.5 Å². The van der Waals surface area contributed by atoms with Crippen molar-refractivity contribution in [1.29, 1.82) is 0 Å². The molecular weight excluding hydrogens is 352 g/mol. The molecule has 0 spiro atoms. The van der Waals surface area contributed by atoms with Crippen LogP contribution < -0.4 is 0 Å². The van der Waals surface area contributed by atoms with E-state index in [-0.39, 0.29) is 16.6 Å². The molecule has 118 valence electrons. The number of halogens is 5. The molecule has 8 heteroatoms. The maximum absolute atomic E-state index is 13.1. The third kappa shape index (κ3) is 3.33. The first-order chi connectivity index (χ1) is 10.8. The summed E-state index contributed by atoms with van der Waals surface area (Å²) in [4.78, 5) is 7.57. The fraction of sp³-hybridized carbons (Fsp3) is 0.0667. The number of hydrogen-bond acceptors (Lipinski definition) is 3. The third-order valence-electron chi connectivity index (χ3n) is 3.02. The zero-order chi connectivity index (χ0) is 16.6. The van der Waals surface area contributed by atoms with Crippen LogP contribution in [0.2, 0.25) is 10.2 Å². The van der Waals surface area contributed by atoms with Gasteiger partial charge in [0.1, 0.15) is 5.15 Å². The van der Waals surface area contributed by atoms with E-state index < -0.39 is 11.7 Å². The number of pyridine rings is 1. The summed E-state index contributed by atoms with van der Waals surface area (Å²) in [5, 5.41) is 0.215. The van der Waals surface area contributed by atoms with Crippen LogP contribution in [0, 0.1) is 0 Å². The number of nitrogens with zero attached hydrogens (tertiary/aromatic N) is 2. The Morgan fingerprint density at radius 1 is 1.00 bits per heavy atom. The highest BCUT2D eigenvalue weighted by Gasteiger charge is 2.35. The number of oxazole rings is 1. The summed E-state index contributed by atoms with van der Waals surface area (Å²) in [5.41, 5.74) is -0.640. The number of hydrogen-bond donors (Lipinski definition) is 0. The minimum Gasteiger partial charge on any atom is -0.436 e. The first-order valence-electron chi connectivity index (χ1n) is 6.29. The molecule has 0 fully saturated rings. The second-order valence-corrected chi connectivity index (χ2v) is 5.41. The molecule has 2 heterocycles. The van der Waals surface area contributed by atoms with E-state index in [1.54, 1.807) is 24.3 Å². The van der Waals surface area contributed by atoms with Crippen LogP contribution in [0.5, 0.6) is 0 Å². The van der Waals surface area contributed by atoms with Gasteiger partial charge >= 0.3 is 6.18 Å². The smallest absolute Gasteiger partial charge is 0.417 e. The molecule has 3 aromatic rings. The summed E-state index contributed by atoms with van der Waals surface area (Å²) < 4.78 is 44.8. The van der Waals surface area contributed by atoms with Gasteiger partial charge in [0.25, 0.3) is 0 Å². The lowest BCUT2D eigenvalue weighted by Crippen LogP contribution is -2.07. The van der Waals surface area contributed by atoms with Crippen molar-refractivity contribution in [2.45, 2.75) is 6.18 Å². The van der Waals surface area contributed by atoms with Crippen LogP contribution in [0.4, 0.5) is 13.2 Å². The zero-order valence-electron chi connectivity index (χ0n) is 11.2. The van der Waals surface area contributed by atoms with Gasteiger partial charge in [0.15, 0.2) is 5.76 Å². The predicted molar refractivity (Wildman–Crippen MR) is 80.2 cm³/mol. The molecule has 0 saturated carbocycles. The first kappa shape index (κ1) is 15.8. The Kier molecular flexibility index (Phi) is 4.04. The molecular formula is C15H7Cl2F3N2O. The van der Waals surface area contributed by atoms with Gasteiger partial charge in [-0.3, -0.25) is 0 Å². The summed E-state index contributed by atoms with van der Waals surface area (Å²) in [7, 11) is 0. The second-order valence-electron chi connectivity index (χ2n) is 4.59. The molecule has 23 heavy (non-hydrogen) atoms. The highest BCUT2D eigenvalue weighted by Crippen LogP contribution is 2.38. The Balaban J connectivity index is 2.08. The van der Waals surface area contributed by atoms with Crippen molar-refractivity contribution in [3.8, 4) is 22.8 Å². The lowest BCUT2D eigenvalue weighted by molar-refractivity contribution is -0.137. The van der Waals surface area contributed by atoms with Crippen LogP contribution in [0.15, 0.2) is 47.1 Å². The van der Waals surface area contributed by atoms with Crippen LogP contribution in [-0.4, -0.2) is 9.97 Å². The SMILES string of the molecule is FC(F)(F)c1cc(Cl)ncc1-c1ncc(-c2cccc(Cl)c2)o1. The molecule has 2 aromatic heterocycles. The van der Waals surface area contributed by atoms with Gasteiger partial charge in [-0.1, -0.05) is 35.3 Å². The fourth-order valence-electron chi connectivity index (χ4n) is 2.01. The van der Waals surface area contributed by atoms with Gasteiger partial charge in [0.2, 0.25) is 5.89 Å². The molecule has 0 N–H and O–H groups in total. The van der Waals surface area contributed by atoms with Gasteiger partial charge in [-0.25, -0.2) is 9.97 Å². The van der Waals surface area contributed by atoms with Gasteiger partial charge in [0, 0.05) is 16.8 Å². The van der Waals surface area contributed by atoms with Gasteiger partial charge in [-0.05, 0) is 18.2 Å². The average Bonchev–Trinajstić information content (AvgIpc) is 2.96. The van der Waals surface area contributed by atoms with Gasteiger partial charge in [-0.2, -0.15) is 13.2 Å². The highest BCUT2D eigenvalue weighted by molar-refractivity contribution is 6.30. The van der Waals surface area contributed by atoms with E-state index in [0.717, 1.165) is 12.3 Å². The van der Waals surface area contributed by atoms with Gasteiger partial charge in [-0.15, -0.1) is 0 Å². The van der Waals surface area contributed by atoms with Crippen molar-refractivity contribution < 1.29 is 17.6 Å². The summed E-state index contributed by atoms with van der Waals surface area (Å²) in [6.45, 7) is 0. The summed E-state index contributed by atoms with van der Waals surface area (Å²) in [6, 6.07) is 7.44. The quantitative estimate of drug-likeness (QED) is 0.549. The van der Waals surface area contributed by atoms with Crippen molar-refractivity contribution in [2.75, 3.05) is 0 Å². The van der Waals surface area contributed by atoms with E-state index in [4.69, 9.17) is 27.6 Å². The minimum absolute atomic E-state index is 0.198. The normalized spacial score (nSPS) is 11.7. The van der Waals surface area contributed by atoms with Gasteiger partial charge in [0.05, 0.1) is 17.3 Å². The molecule has 1 aromatic carbocycles. The van der Waals surface area contributed by atoms with E-state index in [1.165, 1.54) is 6.20 Å². The zero-order valence-corrected chi connectivity index (χ0v) is 12.7. The van der Waals surface area contributed by atoms with Crippen LogP contribution in [0.1, 0.15) is 5.56 Å². The first-order valence-corrected chi connectivity index (χ1v) is 7.05. The standard InChI is InChI=1S/C15H7Cl2F3N2O/c16-9-3-1-2-8(4-9)12-7-22-14(23-12)10-6-21-13(17)5-11(10)15(18,19)20/h1-7H. The average molecular weight is 359 g/mol. The van der Waals surface area contributed by atoms with Crippen molar-refractivity contribution in [1.82, 2.24) is 9.97 Å². The van der Waals surface area contributed by atoms with E-state index in [9.17, 15) is 13.2 Å². The van der Waals surface area contributed by atoms with Crippen molar-refractivity contribution in [3.63, 3.8) is 0 Å². The van der Waals surface area contributed by atoms with Crippen LogP contribution in [0.3, 0.4) is 0 Å². The second kappa shape index (κ2) is 5.86. The van der Waals surface area contributed by atoms with Gasteiger partial charge < -0.3 is 4.42 Å². The molecule has 0 bridgehead atoms. The van der Waals surface area contributed by atoms with E-state index in [1.807, 2.05) is 0 Å². The van der Waals surface area contributed by atoms with Crippen LogP contribution >= 0.6 is 23.2 Å². The topological polar surface area (TPSA) is 38.9 Å². The van der Waals surface area contributed by atoms with E-state index >= 15 is 0 Å². The minimum atomic E-state index is -4.60. The monoisotopic (exact) mass is 358 g/mol. The number of alkyl halides is 3. The number of rotatable bonds is 2. The summed E-state index contributed by atoms with van der Waals surface area (Å²) in [6.07, 6.45) is -2.29. The maximum atomic E-state index is 13.1. The lowest BCUT2D eigenvalue weighted by Gasteiger charge is -2.10. The van der Waals surface area contributed by atoms with Crippen LogP contribution in [0.25, 0.3) is 22.8 Å².